The van der Waals surface area contributed by atoms with Crippen LogP contribution in [0.1, 0.15) is 57.9 Å². The Morgan fingerprint density at radius 1 is 0.971 bits per heavy atom. The molecule has 184 valence electrons. The molecule has 5 heteroatoms. The minimum atomic E-state index is 0.0604. The molecule has 3 aromatic carbocycles. The van der Waals surface area contributed by atoms with Crippen molar-refractivity contribution in [3.05, 3.63) is 94.0 Å². The third-order valence-corrected chi connectivity index (χ3v) is 6.44. The van der Waals surface area contributed by atoms with E-state index in [9.17, 15) is 4.79 Å². The molecular weight excluding hydrogens is 436 g/mol. The minimum Gasteiger partial charge on any atom is -0.492 e. The van der Waals surface area contributed by atoms with Gasteiger partial charge < -0.3 is 19.3 Å². The summed E-state index contributed by atoms with van der Waals surface area (Å²) in [5.41, 5.74) is 6.21. The Labute approximate surface area is 209 Å². The van der Waals surface area contributed by atoms with Crippen LogP contribution in [0.4, 0.5) is 0 Å². The summed E-state index contributed by atoms with van der Waals surface area (Å²) in [4.78, 5) is 17.6. The summed E-state index contributed by atoms with van der Waals surface area (Å²) in [7, 11) is 4.06. The van der Waals surface area contributed by atoms with Crippen molar-refractivity contribution in [2.75, 3.05) is 27.2 Å². The first-order chi connectivity index (χ1) is 16.8. The average Bonchev–Trinajstić information content (AvgIpc) is 3.26. The molecule has 4 rings (SSSR count). The fraction of sp³-hybridized carbons (Fsp3) is 0.367. The topological polar surface area (TPSA) is 42.0 Å². The van der Waals surface area contributed by atoms with E-state index in [1.54, 1.807) is 0 Å². The smallest absolute Gasteiger partial charge is 0.254 e. The maximum Gasteiger partial charge on any atom is 0.254 e. The average molecular weight is 473 g/mol. The number of carbonyl (C=O) groups excluding carboxylic acids is 1. The summed E-state index contributed by atoms with van der Waals surface area (Å²) in [6.07, 6.45) is 0. The van der Waals surface area contributed by atoms with Gasteiger partial charge in [-0.15, -0.1) is 0 Å². The van der Waals surface area contributed by atoms with Crippen molar-refractivity contribution in [3.8, 4) is 11.5 Å². The second-order valence-corrected chi connectivity index (χ2v) is 9.88. The molecule has 0 aliphatic carbocycles. The highest BCUT2D eigenvalue weighted by Crippen LogP contribution is 2.33. The fourth-order valence-electron chi connectivity index (χ4n) is 4.36. The highest BCUT2D eigenvalue weighted by atomic mass is 16.5. The highest BCUT2D eigenvalue weighted by Gasteiger charge is 2.27. The molecule has 0 bridgehead atoms. The largest absolute Gasteiger partial charge is 0.492 e. The number of likely N-dealkylation sites (N-methyl/N-ethyl adjacent to an activating group) is 1. The van der Waals surface area contributed by atoms with Gasteiger partial charge in [0.2, 0.25) is 0 Å². The maximum atomic E-state index is 13.6. The van der Waals surface area contributed by atoms with Gasteiger partial charge in [0, 0.05) is 25.2 Å². The molecule has 0 radical (unpaired) electrons. The van der Waals surface area contributed by atoms with Crippen molar-refractivity contribution in [1.82, 2.24) is 9.80 Å². The van der Waals surface area contributed by atoms with E-state index in [1.807, 2.05) is 62.3 Å². The molecule has 1 aliphatic rings. The van der Waals surface area contributed by atoms with Crippen molar-refractivity contribution in [2.45, 2.75) is 46.4 Å². The summed E-state index contributed by atoms with van der Waals surface area (Å²) in [5, 5.41) is 0. The fourth-order valence-corrected chi connectivity index (χ4v) is 4.36. The lowest BCUT2D eigenvalue weighted by molar-refractivity contribution is 0.0750. The molecule has 0 spiro atoms. The molecule has 1 aliphatic heterocycles. The number of amides is 1. The minimum absolute atomic E-state index is 0.0604. The molecule has 0 fully saturated rings. The summed E-state index contributed by atoms with van der Waals surface area (Å²) >= 11 is 0. The van der Waals surface area contributed by atoms with E-state index in [0.717, 1.165) is 45.9 Å². The summed E-state index contributed by atoms with van der Waals surface area (Å²) in [6, 6.07) is 20.4. The Balaban J connectivity index is 1.48. The molecule has 5 nitrogen and oxygen atoms in total. The molecule has 0 N–H and O–H groups in total. The zero-order valence-electron chi connectivity index (χ0n) is 21.5. The van der Waals surface area contributed by atoms with Crippen LogP contribution in [-0.4, -0.2) is 43.0 Å². The maximum absolute atomic E-state index is 13.6. The number of nitrogens with zero attached hydrogens (tertiary/aromatic N) is 2. The molecule has 1 amide bonds. The van der Waals surface area contributed by atoms with Gasteiger partial charge in [-0.1, -0.05) is 50.2 Å². The SMILES string of the molecule is Cc1cc(OCc2ccccc2)c(C(C)C)cc1C(=O)N1Cc2ccc(OCCN(C)C)cc2C1. The van der Waals surface area contributed by atoms with Crippen LogP contribution in [0.15, 0.2) is 60.7 Å². The van der Waals surface area contributed by atoms with Gasteiger partial charge in [-0.25, -0.2) is 0 Å². The van der Waals surface area contributed by atoms with Gasteiger partial charge in [-0.05, 0) is 79.0 Å². The van der Waals surface area contributed by atoms with E-state index in [2.05, 4.69) is 43.0 Å². The van der Waals surface area contributed by atoms with Gasteiger partial charge in [0.15, 0.2) is 0 Å². The van der Waals surface area contributed by atoms with E-state index >= 15 is 0 Å². The predicted molar refractivity (Wildman–Crippen MR) is 140 cm³/mol. The standard InChI is InChI=1S/C30H36N2O3/c1-21(2)27-17-28(22(3)15-29(27)35-20-23-9-7-6-8-10-23)30(33)32-18-24-11-12-26(16-25(24)19-32)34-14-13-31(4)5/h6-12,15-17,21H,13-14,18-20H2,1-5H3. The number of carbonyl (C=O) groups is 1. The van der Waals surface area contributed by atoms with Gasteiger partial charge in [-0.2, -0.15) is 0 Å². The van der Waals surface area contributed by atoms with Gasteiger partial charge in [-0.3, -0.25) is 4.79 Å². The normalized spacial score (nSPS) is 12.8. The second-order valence-electron chi connectivity index (χ2n) is 9.88. The number of benzene rings is 3. The first-order valence-electron chi connectivity index (χ1n) is 12.3. The van der Waals surface area contributed by atoms with E-state index in [1.165, 1.54) is 5.56 Å². The Morgan fingerprint density at radius 3 is 2.43 bits per heavy atom. The van der Waals surface area contributed by atoms with E-state index < -0.39 is 0 Å². The van der Waals surface area contributed by atoms with E-state index in [4.69, 9.17) is 9.47 Å². The zero-order valence-corrected chi connectivity index (χ0v) is 21.5. The van der Waals surface area contributed by atoms with Crippen molar-refractivity contribution < 1.29 is 14.3 Å². The molecule has 35 heavy (non-hydrogen) atoms. The zero-order chi connectivity index (χ0) is 24.9. The Bertz CT molecular complexity index is 1170. The Hall–Kier alpha value is -3.31. The van der Waals surface area contributed by atoms with Crippen LogP contribution >= 0.6 is 0 Å². The molecule has 0 atom stereocenters. The third kappa shape index (κ3) is 6.04. The van der Waals surface area contributed by atoms with Crippen LogP contribution in [-0.2, 0) is 19.7 Å². The van der Waals surface area contributed by atoms with Crippen LogP contribution in [0.25, 0.3) is 0 Å². The van der Waals surface area contributed by atoms with Crippen LogP contribution < -0.4 is 9.47 Å². The lowest BCUT2D eigenvalue weighted by Crippen LogP contribution is -2.26. The third-order valence-electron chi connectivity index (χ3n) is 6.44. The second kappa shape index (κ2) is 11.0. The lowest BCUT2D eigenvalue weighted by Gasteiger charge is -2.21. The first kappa shape index (κ1) is 24.8. The van der Waals surface area contributed by atoms with Gasteiger partial charge in [0.1, 0.15) is 24.7 Å². The van der Waals surface area contributed by atoms with Crippen LogP contribution in [0, 0.1) is 6.92 Å². The molecule has 3 aromatic rings. The molecular formula is C30H36N2O3. The van der Waals surface area contributed by atoms with Crippen LogP contribution in [0.3, 0.4) is 0 Å². The number of aryl methyl sites for hydroxylation is 1. The summed E-state index contributed by atoms with van der Waals surface area (Å²) in [6.45, 7) is 9.50. The van der Waals surface area contributed by atoms with Crippen molar-refractivity contribution in [1.29, 1.82) is 0 Å². The predicted octanol–water partition coefficient (Wildman–Crippen LogP) is 5.79. The summed E-state index contributed by atoms with van der Waals surface area (Å²) < 4.78 is 12.1. The van der Waals surface area contributed by atoms with E-state index in [0.29, 0.717) is 26.3 Å². The molecule has 0 saturated carbocycles. The summed E-state index contributed by atoms with van der Waals surface area (Å²) in [5.74, 6) is 2.01. The van der Waals surface area contributed by atoms with Gasteiger partial charge >= 0.3 is 0 Å². The van der Waals surface area contributed by atoms with Crippen molar-refractivity contribution >= 4 is 5.91 Å². The molecule has 0 saturated heterocycles. The Morgan fingerprint density at radius 2 is 1.71 bits per heavy atom. The number of fused-ring (bicyclic) bond motifs is 1. The number of rotatable bonds is 9. The first-order valence-corrected chi connectivity index (χ1v) is 12.3. The monoisotopic (exact) mass is 472 g/mol. The molecule has 0 unspecified atom stereocenters. The van der Waals surface area contributed by atoms with Gasteiger partial charge in [0.05, 0.1) is 0 Å². The van der Waals surface area contributed by atoms with Crippen molar-refractivity contribution in [3.63, 3.8) is 0 Å². The van der Waals surface area contributed by atoms with Crippen molar-refractivity contribution in [2.24, 2.45) is 0 Å². The Kier molecular flexibility index (Phi) is 7.76. The lowest BCUT2D eigenvalue weighted by atomic mass is 9.95. The van der Waals surface area contributed by atoms with E-state index in [-0.39, 0.29) is 11.8 Å². The highest BCUT2D eigenvalue weighted by molar-refractivity contribution is 5.96. The number of ether oxygens (including phenoxy) is 2. The van der Waals surface area contributed by atoms with Crippen LogP contribution in [0.2, 0.25) is 0 Å². The molecule has 1 heterocycles. The van der Waals surface area contributed by atoms with Crippen LogP contribution in [0.5, 0.6) is 11.5 Å². The number of hydrogen-bond donors (Lipinski definition) is 0. The molecule has 0 aromatic heterocycles. The van der Waals surface area contributed by atoms with Gasteiger partial charge in [0.25, 0.3) is 5.91 Å². The quantitative estimate of drug-likeness (QED) is 0.395. The number of hydrogen-bond acceptors (Lipinski definition) is 4.